The van der Waals surface area contributed by atoms with Gasteiger partial charge in [0, 0.05) is 71.2 Å². The lowest BCUT2D eigenvalue weighted by atomic mass is 9.83. The summed E-state index contributed by atoms with van der Waals surface area (Å²) in [5, 5.41) is 21.4. The van der Waals surface area contributed by atoms with Crippen molar-refractivity contribution in [2.24, 2.45) is 5.92 Å². The van der Waals surface area contributed by atoms with Crippen LogP contribution in [0.4, 0.5) is 5.69 Å². The van der Waals surface area contributed by atoms with E-state index in [0.717, 1.165) is 50.9 Å². The second kappa shape index (κ2) is 10.6. The fourth-order valence-electron chi connectivity index (χ4n) is 7.33. The van der Waals surface area contributed by atoms with E-state index < -0.39 is 16.4 Å². The lowest BCUT2D eigenvalue weighted by Crippen LogP contribution is -3.00. The van der Waals surface area contributed by atoms with E-state index in [1.54, 1.807) is 10.6 Å². The van der Waals surface area contributed by atoms with Crippen LogP contribution in [0.1, 0.15) is 46.9 Å². The van der Waals surface area contributed by atoms with E-state index in [1.807, 2.05) is 62.1 Å². The largest absolute Gasteiger partial charge is 0.595 e. The molecule has 0 spiro atoms. The predicted octanol–water partition coefficient (Wildman–Crippen LogP) is 4.28. The molecular formula is C34H33N3O7. The number of benzene rings is 2. The van der Waals surface area contributed by atoms with Gasteiger partial charge in [0.1, 0.15) is 16.9 Å². The van der Waals surface area contributed by atoms with Crippen molar-refractivity contribution in [1.82, 2.24) is 9.47 Å². The van der Waals surface area contributed by atoms with Crippen molar-refractivity contribution >= 4 is 33.5 Å². The number of aryl methyl sites for hydroxylation is 3. The Hall–Kier alpha value is -4.51. The molecule has 5 aromatic rings. The highest BCUT2D eigenvalue weighted by molar-refractivity contribution is 6.05. The molecule has 226 valence electrons. The number of fused-ring (bicyclic) bond motifs is 6. The van der Waals surface area contributed by atoms with Crippen LogP contribution in [0.3, 0.4) is 0 Å². The monoisotopic (exact) mass is 595 g/mol. The van der Waals surface area contributed by atoms with Crippen LogP contribution in [0, 0.1) is 31.9 Å². The van der Waals surface area contributed by atoms with Gasteiger partial charge in [0.25, 0.3) is 0 Å². The van der Waals surface area contributed by atoms with Crippen molar-refractivity contribution < 1.29 is 24.1 Å². The molecule has 2 aliphatic heterocycles. The number of carbonyl (C=O) groups excluding carboxylic acids is 1. The first kappa shape index (κ1) is 28.3. The van der Waals surface area contributed by atoms with Gasteiger partial charge in [-0.2, -0.15) is 5.23 Å². The molecule has 1 amide bonds. The molecule has 0 saturated carbocycles. The summed E-state index contributed by atoms with van der Waals surface area (Å²) in [5.74, 6) is 0.746. The van der Waals surface area contributed by atoms with Gasteiger partial charge in [0.15, 0.2) is 0 Å². The summed E-state index contributed by atoms with van der Waals surface area (Å²) in [6, 6.07) is 15.1. The van der Waals surface area contributed by atoms with Gasteiger partial charge in [0.05, 0.1) is 0 Å². The molecule has 44 heavy (non-hydrogen) atoms. The van der Waals surface area contributed by atoms with Gasteiger partial charge in [-0.3, -0.25) is 9.59 Å². The first-order valence-electron chi connectivity index (χ1n) is 14.9. The van der Waals surface area contributed by atoms with Crippen LogP contribution in [-0.4, -0.2) is 33.7 Å². The highest BCUT2D eigenvalue weighted by Crippen LogP contribution is 2.40. The highest BCUT2D eigenvalue weighted by Gasteiger charge is 2.37. The molecule has 2 aromatic carbocycles. The Morgan fingerprint density at radius 1 is 0.977 bits per heavy atom. The van der Waals surface area contributed by atoms with E-state index in [0.29, 0.717) is 36.4 Å². The Morgan fingerprint density at radius 3 is 2.48 bits per heavy atom. The number of furan rings is 1. The van der Waals surface area contributed by atoms with E-state index in [9.17, 15) is 24.8 Å². The molecule has 7 rings (SSSR count). The summed E-state index contributed by atoms with van der Waals surface area (Å²) in [6.07, 6.45) is 1.25. The first-order valence-corrected chi connectivity index (χ1v) is 14.9. The van der Waals surface area contributed by atoms with Gasteiger partial charge in [-0.05, 0) is 62.8 Å². The number of hydrogen-bond donors (Lipinski definition) is 2. The summed E-state index contributed by atoms with van der Waals surface area (Å²) in [4.78, 5) is 41.3. The van der Waals surface area contributed by atoms with Crippen LogP contribution in [0.15, 0.2) is 67.0 Å². The van der Waals surface area contributed by atoms with E-state index in [-0.39, 0.29) is 36.3 Å². The summed E-state index contributed by atoms with van der Waals surface area (Å²) in [5.41, 5.74) is 4.88. The van der Waals surface area contributed by atoms with Crippen LogP contribution in [0.2, 0.25) is 0 Å². The molecule has 2 N–H and O–H groups in total. The minimum Gasteiger partial charge on any atom is -0.595 e. The van der Waals surface area contributed by atoms with E-state index >= 15 is 0 Å². The molecule has 10 heteroatoms. The van der Waals surface area contributed by atoms with Crippen molar-refractivity contribution in [3.05, 3.63) is 103 Å². The lowest BCUT2D eigenvalue weighted by molar-refractivity contribution is -0.992. The van der Waals surface area contributed by atoms with Gasteiger partial charge < -0.3 is 23.5 Å². The predicted molar refractivity (Wildman–Crippen MR) is 164 cm³/mol. The second-order valence-electron chi connectivity index (χ2n) is 12.1. The molecule has 0 aliphatic carbocycles. The number of rotatable bonds is 5. The highest BCUT2D eigenvalue weighted by atomic mass is 16.8. The standard InChI is InChI=1S/C34H33N3O7/c1-18-24(9-12-29(38)35-15-21-13-23(17-35)27-10-11-28(37(41)42)33(39)36(27)16-21)34(40)44-31-19(2)32-26(14-25(18)31)30(20(3)43-32)22-7-5-4-6-8-22/h4-8,10-11,14,21,23,37,41H,9,12-13,15-17H2,1-3H3. The minimum absolute atomic E-state index is 0.0444. The Balaban J connectivity index is 1.16. The van der Waals surface area contributed by atoms with E-state index in [1.165, 1.54) is 6.07 Å². The second-order valence-corrected chi connectivity index (χ2v) is 12.1. The van der Waals surface area contributed by atoms with Crippen molar-refractivity contribution in [3.63, 3.8) is 0 Å². The molecule has 2 bridgehead atoms. The van der Waals surface area contributed by atoms with Crippen molar-refractivity contribution in [2.75, 3.05) is 13.1 Å². The lowest BCUT2D eigenvalue weighted by Gasteiger charge is -2.43. The van der Waals surface area contributed by atoms with Crippen molar-refractivity contribution in [2.45, 2.75) is 52.5 Å². The zero-order valence-corrected chi connectivity index (χ0v) is 24.8. The van der Waals surface area contributed by atoms with Crippen LogP contribution in [0.5, 0.6) is 0 Å². The molecule has 5 heterocycles. The van der Waals surface area contributed by atoms with Crippen LogP contribution in [0.25, 0.3) is 33.1 Å². The number of aromatic nitrogens is 1. The first-order chi connectivity index (χ1) is 21.1. The summed E-state index contributed by atoms with van der Waals surface area (Å²) in [7, 11) is 0. The number of carbonyl (C=O) groups is 1. The quantitative estimate of drug-likeness (QED) is 0.229. The molecular weight excluding hydrogens is 562 g/mol. The minimum atomic E-state index is -1.23. The normalized spacial score (nSPS) is 18.5. The van der Waals surface area contributed by atoms with Crippen molar-refractivity contribution in [3.8, 4) is 11.1 Å². The van der Waals surface area contributed by atoms with Crippen molar-refractivity contribution in [1.29, 1.82) is 0 Å². The topological polar surface area (TPSA) is 133 Å². The fourth-order valence-corrected chi connectivity index (χ4v) is 7.33. The Morgan fingerprint density at radius 2 is 1.73 bits per heavy atom. The molecule has 0 radical (unpaired) electrons. The number of quaternary nitrogens is 1. The number of amides is 1. The maximum atomic E-state index is 13.5. The van der Waals surface area contributed by atoms with Gasteiger partial charge in [-0.1, -0.05) is 30.3 Å². The third-order valence-corrected chi connectivity index (χ3v) is 9.47. The van der Waals surface area contributed by atoms with Gasteiger partial charge in [-0.25, -0.2) is 10.0 Å². The Bertz CT molecular complexity index is 2070. The summed E-state index contributed by atoms with van der Waals surface area (Å²) >= 11 is 0. The average molecular weight is 596 g/mol. The average Bonchev–Trinajstić information content (AvgIpc) is 3.34. The van der Waals surface area contributed by atoms with Crippen LogP contribution in [-0.2, 0) is 17.8 Å². The Labute approximate surface area is 252 Å². The van der Waals surface area contributed by atoms with E-state index in [4.69, 9.17) is 8.83 Å². The molecule has 1 fully saturated rings. The fraction of sp³-hybridized carbons (Fsp3) is 0.324. The molecule has 2 aliphatic rings. The maximum absolute atomic E-state index is 13.5. The number of piperidine rings is 1. The zero-order chi connectivity index (χ0) is 30.9. The van der Waals surface area contributed by atoms with Crippen LogP contribution >= 0.6 is 0 Å². The SMILES string of the molecule is Cc1oc2c(C)c3oc(=O)c(CCC(=O)N4CC5CC(C4)c4ccc([NH+]([O-])O)c(=O)n4C5)c(C)c3cc2c1-c1ccccc1. The Kier molecular flexibility index (Phi) is 6.80. The molecule has 3 unspecified atom stereocenters. The van der Waals surface area contributed by atoms with Gasteiger partial charge in [-0.15, -0.1) is 0 Å². The molecule has 3 atom stereocenters. The summed E-state index contributed by atoms with van der Waals surface area (Å²) < 4.78 is 13.6. The number of pyridine rings is 1. The van der Waals surface area contributed by atoms with Gasteiger partial charge in [0.2, 0.25) is 11.6 Å². The van der Waals surface area contributed by atoms with E-state index in [2.05, 4.69) is 0 Å². The third kappa shape index (κ3) is 4.49. The van der Waals surface area contributed by atoms with Crippen LogP contribution < -0.4 is 16.4 Å². The molecule has 1 saturated heterocycles. The number of nitrogens with one attached hydrogen (secondary N) is 1. The summed E-state index contributed by atoms with van der Waals surface area (Å²) in [6.45, 7) is 7.07. The maximum Gasteiger partial charge on any atom is 0.339 e. The third-order valence-electron chi connectivity index (χ3n) is 9.47. The smallest absolute Gasteiger partial charge is 0.339 e. The zero-order valence-electron chi connectivity index (χ0n) is 24.8. The number of nitrogens with zero attached hydrogens (tertiary/aromatic N) is 2. The molecule has 10 nitrogen and oxygen atoms in total. The number of likely N-dealkylation sites (tertiary alicyclic amines) is 1. The number of hydrogen-bond acceptors (Lipinski definition) is 7. The van der Waals surface area contributed by atoms with Gasteiger partial charge >= 0.3 is 11.2 Å². The molecule has 3 aromatic heterocycles.